The van der Waals surface area contributed by atoms with E-state index in [4.69, 9.17) is 0 Å². The van der Waals surface area contributed by atoms with Crippen LogP contribution in [0.5, 0.6) is 0 Å². The molecule has 2 aromatic carbocycles. The molecule has 0 radical (unpaired) electrons. The summed E-state index contributed by atoms with van der Waals surface area (Å²) in [4.78, 5) is 10.1. The van der Waals surface area contributed by atoms with Crippen LogP contribution in [0, 0.1) is 28.4 Å². The van der Waals surface area contributed by atoms with E-state index in [0.717, 1.165) is 16.7 Å². The molecule has 0 fully saturated rings. The second kappa shape index (κ2) is 5.81. The van der Waals surface area contributed by atoms with Crippen molar-refractivity contribution < 1.29 is 4.92 Å². The van der Waals surface area contributed by atoms with E-state index < -0.39 is 4.92 Å². The van der Waals surface area contributed by atoms with Crippen LogP contribution in [-0.4, -0.2) is 4.92 Å². The maximum atomic E-state index is 10.6. The van der Waals surface area contributed by atoms with Gasteiger partial charge in [0, 0.05) is 12.1 Å². The number of rotatable bonds is 3. The fourth-order valence-electron chi connectivity index (χ4n) is 1.77. The van der Waals surface area contributed by atoms with E-state index in [1.807, 2.05) is 31.2 Å². The van der Waals surface area contributed by atoms with Gasteiger partial charge in [-0.15, -0.1) is 0 Å². The molecule has 0 atom stereocenters. The molecule has 0 unspecified atom stereocenters. The Kier molecular flexibility index (Phi) is 3.92. The van der Waals surface area contributed by atoms with Crippen molar-refractivity contribution in [2.45, 2.75) is 6.92 Å². The van der Waals surface area contributed by atoms with Gasteiger partial charge in [-0.2, -0.15) is 5.26 Å². The maximum Gasteiger partial charge on any atom is 0.269 e. The first-order valence-electron chi connectivity index (χ1n) is 6.03. The average Bonchev–Trinajstić information content (AvgIpc) is 2.46. The predicted octanol–water partition coefficient (Wildman–Crippen LogP) is 3.97. The molecular formula is C16H12N2O2. The van der Waals surface area contributed by atoms with Gasteiger partial charge in [0.25, 0.3) is 5.69 Å². The molecule has 20 heavy (non-hydrogen) atoms. The summed E-state index contributed by atoms with van der Waals surface area (Å²) in [6, 6.07) is 15.9. The molecule has 0 N–H and O–H groups in total. The Labute approximate surface area is 116 Å². The number of hydrogen-bond acceptors (Lipinski definition) is 3. The van der Waals surface area contributed by atoms with Gasteiger partial charge in [0.15, 0.2) is 0 Å². The number of nitrogens with zero attached hydrogens (tertiary/aromatic N) is 2. The van der Waals surface area contributed by atoms with Crippen molar-refractivity contribution in [3.8, 4) is 6.07 Å². The fourth-order valence-corrected chi connectivity index (χ4v) is 1.77. The third kappa shape index (κ3) is 3.09. The standard InChI is InChI=1S/C16H12N2O2/c1-12-2-6-14(7-3-12)15(11-17)10-13-4-8-16(9-5-13)18(19)20/h2-10H,1H3/b15-10+. The van der Waals surface area contributed by atoms with E-state index in [2.05, 4.69) is 6.07 Å². The molecule has 98 valence electrons. The second-order valence-corrected chi connectivity index (χ2v) is 4.38. The summed E-state index contributed by atoms with van der Waals surface area (Å²) in [7, 11) is 0. The summed E-state index contributed by atoms with van der Waals surface area (Å²) in [6.07, 6.45) is 1.72. The summed E-state index contributed by atoms with van der Waals surface area (Å²) >= 11 is 0. The number of nitriles is 1. The Bertz CT molecular complexity index is 693. The van der Waals surface area contributed by atoms with Crippen molar-refractivity contribution in [1.29, 1.82) is 5.26 Å². The SMILES string of the molecule is Cc1ccc(/C(C#N)=C/c2ccc([N+](=O)[O-])cc2)cc1. The van der Waals surface area contributed by atoms with E-state index in [0.29, 0.717) is 5.57 Å². The number of aryl methyl sites for hydroxylation is 1. The Balaban J connectivity index is 2.34. The third-order valence-corrected chi connectivity index (χ3v) is 2.90. The molecule has 0 heterocycles. The number of non-ortho nitro benzene ring substituents is 1. The Hall–Kier alpha value is -2.93. The Morgan fingerprint density at radius 1 is 1.15 bits per heavy atom. The summed E-state index contributed by atoms with van der Waals surface area (Å²) in [6.45, 7) is 1.98. The quantitative estimate of drug-likeness (QED) is 0.364. The van der Waals surface area contributed by atoms with Gasteiger partial charge in [-0.25, -0.2) is 0 Å². The van der Waals surface area contributed by atoms with Crippen molar-refractivity contribution in [2.24, 2.45) is 0 Å². The first kappa shape index (κ1) is 13.5. The monoisotopic (exact) mass is 264 g/mol. The van der Waals surface area contributed by atoms with Gasteiger partial charge in [-0.05, 0) is 36.3 Å². The summed E-state index contributed by atoms with van der Waals surface area (Å²) in [5.41, 5.74) is 3.28. The van der Waals surface area contributed by atoms with Crippen LogP contribution in [0.3, 0.4) is 0 Å². The van der Waals surface area contributed by atoms with E-state index in [-0.39, 0.29) is 5.69 Å². The molecule has 2 rings (SSSR count). The summed E-state index contributed by atoms with van der Waals surface area (Å²) in [5.74, 6) is 0. The number of hydrogen-bond donors (Lipinski definition) is 0. The van der Waals surface area contributed by atoms with Gasteiger partial charge in [0.05, 0.1) is 16.6 Å². The number of allylic oxidation sites excluding steroid dienone is 1. The van der Waals surface area contributed by atoms with Gasteiger partial charge in [0.2, 0.25) is 0 Å². The van der Waals surface area contributed by atoms with Crippen LogP contribution in [0.25, 0.3) is 11.6 Å². The van der Waals surface area contributed by atoms with Crippen LogP contribution >= 0.6 is 0 Å². The first-order valence-corrected chi connectivity index (χ1v) is 6.03. The minimum atomic E-state index is -0.446. The molecule has 0 aliphatic carbocycles. The van der Waals surface area contributed by atoms with Crippen molar-refractivity contribution in [3.63, 3.8) is 0 Å². The molecule has 0 saturated heterocycles. The molecule has 0 bridgehead atoms. The van der Waals surface area contributed by atoms with Crippen molar-refractivity contribution in [1.82, 2.24) is 0 Å². The lowest BCUT2D eigenvalue weighted by Gasteiger charge is -2.00. The zero-order valence-corrected chi connectivity index (χ0v) is 10.9. The van der Waals surface area contributed by atoms with Gasteiger partial charge < -0.3 is 0 Å². The average molecular weight is 264 g/mol. The van der Waals surface area contributed by atoms with Crippen LogP contribution in [-0.2, 0) is 0 Å². The molecule has 4 nitrogen and oxygen atoms in total. The highest BCUT2D eigenvalue weighted by molar-refractivity contribution is 5.89. The zero-order chi connectivity index (χ0) is 14.5. The number of nitro benzene ring substituents is 1. The highest BCUT2D eigenvalue weighted by Gasteiger charge is 2.04. The largest absolute Gasteiger partial charge is 0.269 e. The highest BCUT2D eigenvalue weighted by atomic mass is 16.6. The van der Waals surface area contributed by atoms with Gasteiger partial charge >= 0.3 is 0 Å². The van der Waals surface area contributed by atoms with E-state index >= 15 is 0 Å². The minimum absolute atomic E-state index is 0.0380. The lowest BCUT2D eigenvalue weighted by Crippen LogP contribution is -1.87. The summed E-state index contributed by atoms with van der Waals surface area (Å²) in [5, 5.41) is 19.8. The molecule has 0 saturated carbocycles. The maximum absolute atomic E-state index is 10.6. The van der Waals surface area contributed by atoms with E-state index in [1.165, 1.54) is 12.1 Å². The highest BCUT2D eigenvalue weighted by Crippen LogP contribution is 2.20. The molecule has 0 spiro atoms. The van der Waals surface area contributed by atoms with E-state index in [9.17, 15) is 15.4 Å². The van der Waals surface area contributed by atoms with Crippen LogP contribution < -0.4 is 0 Å². The fraction of sp³-hybridized carbons (Fsp3) is 0.0625. The number of nitro groups is 1. The molecule has 2 aromatic rings. The molecule has 0 aliphatic heterocycles. The molecule has 0 aliphatic rings. The summed E-state index contributed by atoms with van der Waals surface area (Å²) < 4.78 is 0. The van der Waals surface area contributed by atoms with Crippen molar-refractivity contribution in [3.05, 3.63) is 75.3 Å². The predicted molar refractivity (Wildman–Crippen MR) is 77.8 cm³/mol. The zero-order valence-electron chi connectivity index (χ0n) is 10.9. The normalized spacial score (nSPS) is 10.9. The van der Waals surface area contributed by atoms with Gasteiger partial charge in [-0.1, -0.05) is 29.8 Å². The molecule has 0 amide bonds. The van der Waals surface area contributed by atoms with Crippen molar-refractivity contribution in [2.75, 3.05) is 0 Å². The lowest BCUT2D eigenvalue weighted by molar-refractivity contribution is -0.384. The van der Waals surface area contributed by atoms with E-state index in [1.54, 1.807) is 18.2 Å². The lowest BCUT2D eigenvalue weighted by atomic mass is 10.0. The smallest absolute Gasteiger partial charge is 0.258 e. The Morgan fingerprint density at radius 3 is 2.25 bits per heavy atom. The van der Waals surface area contributed by atoms with Crippen LogP contribution in [0.2, 0.25) is 0 Å². The molecule has 4 heteroatoms. The van der Waals surface area contributed by atoms with Crippen LogP contribution in [0.4, 0.5) is 5.69 Å². The Morgan fingerprint density at radius 2 is 1.75 bits per heavy atom. The second-order valence-electron chi connectivity index (χ2n) is 4.38. The van der Waals surface area contributed by atoms with Gasteiger partial charge in [-0.3, -0.25) is 10.1 Å². The number of benzene rings is 2. The van der Waals surface area contributed by atoms with Crippen LogP contribution in [0.1, 0.15) is 16.7 Å². The minimum Gasteiger partial charge on any atom is -0.258 e. The van der Waals surface area contributed by atoms with Crippen LogP contribution in [0.15, 0.2) is 48.5 Å². The molecular weight excluding hydrogens is 252 g/mol. The van der Waals surface area contributed by atoms with Crippen molar-refractivity contribution >= 4 is 17.3 Å². The topological polar surface area (TPSA) is 66.9 Å². The third-order valence-electron chi connectivity index (χ3n) is 2.90. The molecule has 0 aromatic heterocycles. The first-order chi connectivity index (χ1) is 9.60. The van der Waals surface area contributed by atoms with Gasteiger partial charge in [0.1, 0.15) is 0 Å².